The Morgan fingerprint density at radius 2 is 1.27 bits per heavy atom. The van der Waals surface area contributed by atoms with Crippen molar-refractivity contribution in [3.05, 3.63) is 117 Å². The number of phenols is 3. The summed E-state index contributed by atoms with van der Waals surface area (Å²) in [6.45, 7) is 7.28. The lowest BCUT2D eigenvalue weighted by atomic mass is 9.89. The Hall–Kier alpha value is -9.77. The van der Waals surface area contributed by atoms with Crippen molar-refractivity contribution in [2.75, 3.05) is 13.7 Å². The van der Waals surface area contributed by atoms with E-state index in [-0.39, 0.29) is 57.7 Å². The van der Waals surface area contributed by atoms with Crippen LogP contribution in [0.3, 0.4) is 0 Å². The highest BCUT2D eigenvalue weighted by Crippen LogP contribution is 2.49. The average molecular weight is 1450 g/mol. The van der Waals surface area contributed by atoms with Crippen LogP contribution in [0.15, 0.2) is 78.9 Å². The minimum atomic E-state index is -2.34. The molecule has 34 heteroatoms. The fourth-order valence-corrected chi connectivity index (χ4v) is 12.2. The number of ether oxygens (including phenoxy) is 5. The highest BCUT2D eigenvalue weighted by Gasteiger charge is 2.47. The number of nitrogens with zero attached hydrogens (tertiary/aromatic N) is 1. The Labute approximate surface area is 585 Å². The molecule has 101 heavy (non-hydrogen) atoms. The third kappa shape index (κ3) is 16.4. The van der Waals surface area contributed by atoms with Gasteiger partial charge in [0.15, 0.2) is 11.5 Å². The molecule has 7 aliphatic rings. The maximum absolute atomic E-state index is 16.0. The number of hydrogen-bond donors (Lipinski definition) is 17. The van der Waals surface area contributed by atoms with Crippen molar-refractivity contribution < 1.29 is 113 Å². The van der Waals surface area contributed by atoms with E-state index in [2.05, 4.69) is 37.2 Å². The van der Waals surface area contributed by atoms with E-state index in [0.29, 0.717) is 12.8 Å². The lowest BCUT2D eigenvalue weighted by molar-refractivity contribution is -0.277. The molecule has 1 saturated heterocycles. The zero-order valence-corrected chi connectivity index (χ0v) is 56.3. The largest absolute Gasteiger partial charge is 0.508 e. The molecular weight excluding hydrogens is 1370 g/mol. The van der Waals surface area contributed by atoms with Gasteiger partial charge >= 0.3 is 6.09 Å². The molecule has 2 fully saturated rings. The van der Waals surface area contributed by atoms with Gasteiger partial charge in [0.1, 0.15) is 113 Å². The summed E-state index contributed by atoms with van der Waals surface area (Å²) in [7, 11) is 1.27. The molecule has 1 aliphatic carbocycles. The molecule has 540 valence electrons. The van der Waals surface area contributed by atoms with Gasteiger partial charge in [-0.2, -0.15) is 0 Å². The molecule has 14 atom stereocenters. The highest BCUT2D eigenvalue weighted by molar-refractivity contribution is 6.32. The van der Waals surface area contributed by atoms with Gasteiger partial charge in [-0.3, -0.25) is 43.3 Å². The van der Waals surface area contributed by atoms with Gasteiger partial charge in [0.2, 0.25) is 59.3 Å². The number of carbonyl (C=O) groups excluding carboxylic acids is 9. The van der Waals surface area contributed by atoms with E-state index in [0.717, 1.165) is 71.6 Å². The number of rotatable bonds is 12. The quantitative estimate of drug-likeness (QED) is 0.0845. The van der Waals surface area contributed by atoms with Crippen LogP contribution in [0.5, 0.6) is 46.0 Å². The maximum atomic E-state index is 16.0. The number of fused-ring (bicyclic) bond motifs is 15. The normalized spacial score (nSPS) is 25.6. The minimum absolute atomic E-state index is 0.0492. The molecular formula is C67H75Cl2N9O23. The topological polar surface area (TPSA) is 495 Å². The van der Waals surface area contributed by atoms with Gasteiger partial charge in [-0.25, -0.2) is 4.79 Å². The van der Waals surface area contributed by atoms with Crippen molar-refractivity contribution >= 4 is 76.6 Å². The van der Waals surface area contributed by atoms with E-state index in [1.807, 2.05) is 0 Å². The van der Waals surface area contributed by atoms with E-state index in [4.69, 9.17) is 52.6 Å². The first-order chi connectivity index (χ1) is 47.6. The lowest BCUT2D eigenvalue weighted by Crippen LogP contribution is -2.60. The predicted octanol–water partition coefficient (Wildman–Crippen LogP) is 1.71. The van der Waals surface area contributed by atoms with E-state index in [9.17, 15) is 65.1 Å². The summed E-state index contributed by atoms with van der Waals surface area (Å²) in [5, 5.41) is 120. The standard InChI is InChI=1S/C67H75Cl2N9O23/c1-25(2)15-37(78(6)66(96)101-67(3,4)5)59(90)76-50-52(84)27-8-13-40(34(68)17-27)97-42-19-29-20-43(57(42)100-65-56(88)55(87)54(86)44(24-79)99-65)98-41-14-9-28(18-35(41)69)53(85)51-64(95)75-49(62(93)71-30-10-11-30)33-21-31(80)22-39(82)46(33)32-16-26(7-12-38(32)81)47(60(91)77-51)74-61(92)48(29)73-58(89)36(23-45(70)83)72-63(50)94/h7-9,12-14,16-22,25,30,36-37,44,47-56,65,79-82,84-88H,10-11,15,23-24H2,1-6H3,(H2,70,83)(H,71,93)(H,72,94)(H,73,89)(H,74,92)(H,75,95)(H,76,90)(H,77,91)/t36-,37+,44+,47+,48+,49-,50+,51-,52+,53+,54-,55-,56+,65-/m0/s1. The number of nitrogens with two attached hydrogens (primary N) is 1. The Kier molecular flexibility index (Phi) is 21.8. The van der Waals surface area contributed by atoms with Gasteiger partial charge in [-0.1, -0.05) is 55.2 Å². The summed E-state index contributed by atoms with van der Waals surface area (Å²) in [4.78, 5) is 134. The number of halogens is 2. The zero-order chi connectivity index (χ0) is 73.5. The molecule has 32 nitrogen and oxygen atoms in total. The molecule has 6 heterocycles. The number of aliphatic hydroxyl groups is 6. The van der Waals surface area contributed by atoms with Gasteiger partial charge in [0.05, 0.1) is 23.1 Å². The molecule has 1 saturated carbocycles. The molecule has 9 amide bonds. The molecule has 0 aromatic heterocycles. The van der Waals surface area contributed by atoms with E-state index < -0.39 is 213 Å². The first-order valence-corrected chi connectivity index (χ1v) is 32.6. The van der Waals surface area contributed by atoms with E-state index in [1.54, 1.807) is 34.6 Å². The number of phenolic OH excluding ortho intramolecular Hbond substituents is 3. The zero-order valence-electron chi connectivity index (χ0n) is 54.8. The van der Waals surface area contributed by atoms with Crippen molar-refractivity contribution in [2.24, 2.45) is 11.7 Å². The maximum Gasteiger partial charge on any atom is 0.410 e. The van der Waals surface area contributed by atoms with Gasteiger partial charge in [0.25, 0.3) is 0 Å². The van der Waals surface area contributed by atoms with Crippen LogP contribution >= 0.6 is 23.2 Å². The second-order valence-corrected chi connectivity index (χ2v) is 27.2. The minimum Gasteiger partial charge on any atom is -0.508 e. The third-order valence-electron chi connectivity index (χ3n) is 17.1. The van der Waals surface area contributed by atoms with Crippen molar-refractivity contribution in [1.29, 1.82) is 0 Å². The lowest BCUT2D eigenvalue weighted by Gasteiger charge is -2.39. The molecule has 5 aromatic rings. The van der Waals surface area contributed by atoms with Crippen LogP contribution < -0.4 is 57.2 Å². The summed E-state index contributed by atoms with van der Waals surface area (Å²) >= 11 is 14.0. The summed E-state index contributed by atoms with van der Waals surface area (Å²) in [6, 6.07) is -0.794. The summed E-state index contributed by atoms with van der Waals surface area (Å²) in [5.41, 5.74) is 2.39. The number of benzene rings is 5. The highest BCUT2D eigenvalue weighted by atomic mass is 35.5. The van der Waals surface area contributed by atoms with Crippen LogP contribution in [0, 0.1) is 5.92 Å². The number of carbonyl (C=O) groups is 9. The number of aromatic hydroxyl groups is 3. The average Bonchev–Trinajstić information content (AvgIpc) is 1.57. The van der Waals surface area contributed by atoms with Gasteiger partial charge in [-0.05, 0) is 128 Å². The smallest absolute Gasteiger partial charge is 0.410 e. The fraction of sp³-hybridized carbons (Fsp3) is 0.418. The van der Waals surface area contributed by atoms with Crippen molar-refractivity contribution in [1.82, 2.24) is 42.1 Å². The number of aliphatic hydroxyl groups excluding tert-OH is 6. The Balaban J connectivity index is 1.20. The number of amides is 9. The molecule has 11 bridgehead atoms. The third-order valence-corrected chi connectivity index (χ3v) is 17.7. The van der Waals surface area contributed by atoms with Crippen LogP contribution in [0.1, 0.15) is 118 Å². The molecule has 5 aromatic carbocycles. The monoisotopic (exact) mass is 1440 g/mol. The Morgan fingerprint density at radius 3 is 1.85 bits per heavy atom. The molecule has 6 aliphatic heterocycles. The van der Waals surface area contributed by atoms with Crippen LogP contribution in [0.4, 0.5) is 4.79 Å². The summed E-state index contributed by atoms with van der Waals surface area (Å²) < 4.78 is 30.6. The number of hydrogen-bond acceptors (Lipinski definition) is 23. The first kappa shape index (κ1) is 73.9. The molecule has 18 N–H and O–H groups in total. The Bertz CT molecular complexity index is 4110. The van der Waals surface area contributed by atoms with Gasteiger partial charge in [-0.15, -0.1) is 0 Å². The molecule has 0 spiro atoms. The van der Waals surface area contributed by atoms with Crippen LogP contribution in [0.2, 0.25) is 10.0 Å². The van der Waals surface area contributed by atoms with Crippen molar-refractivity contribution in [3.8, 4) is 57.1 Å². The molecule has 0 radical (unpaired) electrons. The van der Waals surface area contributed by atoms with E-state index in [1.165, 1.54) is 19.2 Å². The number of nitrogens with one attached hydrogen (secondary N) is 7. The fourth-order valence-electron chi connectivity index (χ4n) is 11.8. The van der Waals surface area contributed by atoms with Crippen LogP contribution in [-0.2, 0) is 47.8 Å². The van der Waals surface area contributed by atoms with Crippen molar-refractivity contribution in [2.45, 2.75) is 157 Å². The van der Waals surface area contributed by atoms with Gasteiger partial charge < -0.3 is 113 Å². The summed E-state index contributed by atoms with van der Waals surface area (Å²) in [6.07, 6.45) is -15.2. The van der Waals surface area contributed by atoms with Crippen LogP contribution in [0.25, 0.3) is 11.1 Å². The predicted molar refractivity (Wildman–Crippen MR) is 351 cm³/mol. The van der Waals surface area contributed by atoms with Crippen LogP contribution in [-0.4, -0.2) is 184 Å². The number of likely N-dealkylation sites (N-methyl/N-ethyl adjacent to an activating group) is 1. The SMILES string of the molecule is CC(C)C[C@H](C(=O)N[C@H]1C(=O)N[C@@H](CC(N)=O)C(=O)N[C@H]2C(=O)N[C@H]3C(=O)N[C@H](C(=O)N[C@H](C(=O)NC4CC4)c4cc(O)cc(O)c4-c4cc3ccc4O)[C@H](O)c3ccc(c(Cl)c3)Oc3cc2cc(c3O[C@@H]2O[C@H](CO)[C@H](O)[C@H](O)[C@H]2O)Oc2ccc(cc2Cl)[C@H]1O)N(C)C(=O)OC(C)(C)C. The summed E-state index contributed by atoms with van der Waals surface area (Å²) in [5.74, 6) is -15.2. The van der Waals surface area contributed by atoms with Crippen molar-refractivity contribution in [3.63, 3.8) is 0 Å². The molecule has 12 rings (SSSR count). The molecule has 0 unspecified atom stereocenters. The van der Waals surface area contributed by atoms with E-state index >= 15 is 24.0 Å². The first-order valence-electron chi connectivity index (χ1n) is 31.8. The number of primary amides is 1. The van der Waals surface area contributed by atoms with Gasteiger partial charge in [0, 0.05) is 30.3 Å². The second-order valence-electron chi connectivity index (χ2n) is 26.4. The Morgan fingerprint density at radius 1 is 0.673 bits per heavy atom. The second kappa shape index (κ2) is 29.8.